The Balaban J connectivity index is 2.84. The van der Waals surface area contributed by atoms with Crippen molar-refractivity contribution >= 4 is 23.3 Å². The first-order chi connectivity index (χ1) is 10.1. The van der Waals surface area contributed by atoms with Crippen molar-refractivity contribution in [2.75, 3.05) is 5.32 Å². The third-order valence-electron chi connectivity index (χ3n) is 2.99. The molecule has 1 aliphatic rings. The van der Waals surface area contributed by atoms with Gasteiger partial charge >= 0.3 is 12.2 Å². The van der Waals surface area contributed by atoms with E-state index >= 15 is 0 Å². The van der Waals surface area contributed by atoms with E-state index in [0.29, 0.717) is 0 Å². The van der Waals surface area contributed by atoms with Gasteiger partial charge < -0.3 is 10.6 Å². The van der Waals surface area contributed by atoms with Gasteiger partial charge in [0.1, 0.15) is 5.82 Å². The molecule has 22 heavy (non-hydrogen) atoms. The molecule has 1 aromatic rings. The van der Waals surface area contributed by atoms with Gasteiger partial charge in [-0.3, -0.25) is 0 Å². The van der Waals surface area contributed by atoms with Crippen molar-refractivity contribution in [1.82, 2.24) is 5.32 Å². The normalized spacial score (nSPS) is 20.6. The number of anilines is 1. The van der Waals surface area contributed by atoms with Gasteiger partial charge in [0.15, 0.2) is 0 Å². The molecule has 0 bridgehead atoms. The van der Waals surface area contributed by atoms with Gasteiger partial charge in [-0.25, -0.2) is 9.18 Å². The molecule has 2 rings (SSSR count). The average molecular weight is 335 g/mol. The van der Waals surface area contributed by atoms with Crippen LogP contribution >= 0.6 is 11.6 Å². The summed E-state index contributed by atoms with van der Waals surface area (Å²) < 4.78 is 54.7. The maximum Gasteiger partial charge on any atom is 0.427 e. The second-order valence-electron chi connectivity index (χ2n) is 5.03. The summed E-state index contributed by atoms with van der Waals surface area (Å²) in [6.07, 6.45) is -4.99. The van der Waals surface area contributed by atoms with Crippen molar-refractivity contribution in [2.24, 2.45) is 5.92 Å². The van der Waals surface area contributed by atoms with Crippen LogP contribution in [0.2, 0.25) is 5.02 Å². The molecular weight excluding hydrogens is 324 g/mol. The zero-order valence-corrected chi connectivity index (χ0v) is 12.3. The van der Waals surface area contributed by atoms with E-state index in [4.69, 9.17) is 11.6 Å². The van der Waals surface area contributed by atoms with Gasteiger partial charge in [-0.1, -0.05) is 37.3 Å². The summed E-state index contributed by atoms with van der Waals surface area (Å²) in [4.78, 5) is 11.6. The topological polar surface area (TPSA) is 41.1 Å². The minimum Gasteiger partial charge on any atom is -0.310 e. The molecule has 0 aromatic heterocycles. The van der Waals surface area contributed by atoms with Crippen molar-refractivity contribution in [3.63, 3.8) is 0 Å². The van der Waals surface area contributed by atoms with Crippen LogP contribution in [0.15, 0.2) is 12.1 Å². The minimum absolute atomic E-state index is 0.231. The number of rotatable bonds is 0. The van der Waals surface area contributed by atoms with Gasteiger partial charge in [-0.05, 0) is 12.1 Å². The molecule has 2 N–H and O–H groups in total. The van der Waals surface area contributed by atoms with Crippen LogP contribution in [-0.2, 0) is 5.54 Å². The summed E-state index contributed by atoms with van der Waals surface area (Å²) in [7, 11) is 0. The lowest BCUT2D eigenvalue weighted by Gasteiger charge is -2.37. The molecule has 118 valence electrons. The Morgan fingerprint density at radius 2 is 1.95 bits per heavy atom. The number of nitrogens with one attached hydrogen (secondary N) is 2. The second kappa shape index (κ2) is 5.36. The van der Waals surface area contributed by atoms with E-state index < -0.39 is 34.1 Å². The van der Waals surface area contributed by atoms with Gasteiger partial charge in [0.05, 0.1) is 10.7 Å². The molecule has 1 atom stereocenters. The minimum atomic E-state index is -4.99. The molecule has 0 unspecified atom stereocenters. The zero-order valence-electron chi connectivity index (χ0n) is 11.5. The maximum absolute atomic E-state index is 13.7. The van der Waals surface area contributed by atoms with Gasteiger partial charge in [0, 0.05) is 11.5 Å². The Labute approximate surface area is 129 Å². The third-order valence-corrected chi connectivity index (χ3v) is 3.36. The predicted molar refractivity (Wildman–Crippen MR) is 73.9 cm³/mol. The maximum atomic E-state index is 13.7. The highest BCUT2D eigenvalue weighted by Crippen LogP contribution is 2.47. The number of benzene rings is 1. The molecule has 0 aliphatic carbocycles. The smallest absolute Gasteiger partial charge is 0.310 e. The van der Waals surface area contributed by atoms with E-state index in [1.54, 1.807) is 19.2 Å². The van der Waals surface area contributed by atoms with Gasteiger partial charge in [-0.2, -0.15) is 13.2 Å². The molecule has 0 radical (unpaired) electrons. The Bertz CT molecular complexity index is 691. The Kier molecular flexibility index (Phi) is 4.00. The number of fused-ring (bicyclic) bond motifs is 1. The van der Waals surface area contributed by atoms with Gasteiger partial charge in [0.25, 0.3) is 0 Å². The van der Waals surface area contributed by atoms with Crippen LogP contribution in [-0.4, -0.2) is 12.2 Å². The van der Waals surface area contributed by atoms with Crippen LogP contribution in [0, 0.1) is 23.6 Å². The molecular formula is C14H11ClF4N2O. The summed E-state index contributed by atoms with van der Waals surface area (Å²) in [5, 5.41) is 3.19. The third kappa shape index (κ3) is 2.59. The number of carbonyl (C=O) groups is 1. The largest absolute Gasteiger partial charge is 0.427 e. The highest BCUT2D eigenvalue weighted by atomic mass is 35.5. The van der Waals surface area contributed by atoms with E-state index in [-0.39, 0.29) is 11.6 Å². The molecule has 1 aliphatic heterocycles. The van der Waals surface area contributed by atoms with Crippen molar-refractivity contribution in [1.29, 1.82) is 0 Å². The summed E-state index contributed by atoms with van der Waals surface area (Å²) in [5.41, 5.74) is -3.94. The monoisotopic (exact) mass is 334 g/mol. The molecule has 2 amide bonds. The highest BCUT2D eigenvalue weighted by Gasteiger charge is 2.60. The molecule has 1 heterocycles. The van der Waals surface area contributed by atoms with Crippen LogP contribution in [0.1, 0.15) is 19.4 Å². The number of alkyl halides is 3. The molecule has 0 saturated heterocycles. The molecule has 8 heteroatoms. The van der Waals surface area contributed by atoms with E-state index in [1.165, 1.54) is 0 Å². The summed E-state index contributed by atoms with van der Waals surface area (Å²) in [6, 6.07) is 0.807. The van der Waals surface area contributed by atoms with Crippen molar-refractivity contribution in [3.05, 3.63) is 28.5 Å². The van der Waals surface area contributed by atoms with Crippen LogP contribution in [0.25, 0.3) is 0 Å². The molecule has 0 saturated carbocycles. The van der Waals surface area contributed by atoms with Crippen LogP contribution in [0.4, 0.5) is 28.0 Å². The van der Waals surface area contributed by atoms with Gasteiger partial charge in [-0.15, -0.1) is 0 Å². The van der Waals surface area contributed by atoms with E-state index in [1.807, 2.05) is 5.92 Å². The van der Waals surface area contributed by atoms with Gasteiger partial charge in [0.2, 0.25) is 5.54 Å². The first-order valence-electron chi connectivity index (χ1n) is 6.25. The first-order valence-corrected chi connectivity index (χ1v) is 6.63. The zero-order chi connectivity index (χ0) is 16.7. The van der Waals surface area contributed by atoms with Crippen molar-refractivity contribution < 1.29 is 22.4 Å². The lowest BCUT2D eigenvalue weighted by molar-refractivity contribution is -0.178. The molecule has 0 spiro atoms. The van der Waals surface area contributed by atoms with Crippen LogP contribution < -0.4 is 10.6 Å². The number of halogens is 5. The fourth-order valence-corrected chi connectivity index (χ4v) is 2.34. The molecule has 0 fully saturated rings. The standard InChI is InChI=1S/C14H11ClF4N2O/c1-7(2)5-6-13(14(17,18)19)10-9(20-12(22)21-13)4-3-8(16)11(10)15/h3-4,7H,1-2H3,(H2,20,21,22)/t13-/m0/s1. The van der Waals surface area contributed by atoms with Crippen LogP contribution in [0.5, 0.6) is 0 Å². The number of carbonyl (C=O) groups excluding carboxylic acids is 1. The number of urea groups is 1. The summed E-state index contributed by atoms with van der Waals surface area (Å²) in [5.74, 6) is 2.99. The summed E-state index contributed by atoms with van der Waals surface area (Å²) in [6.45, 7) is 3.18. The first kappa shape index (κ1) is 16.4. The number of amides is 2. The average Bonchev–Trinajstić information content (AvgIpc) is 2.38. The van der Waals surface area contributed by atoms with E-state index in [0.717, 1.165) is 12.1 Å². The fourth-order valence-electron chi connectivity index (χ4n) is 2.04. The Morgan fingerprint density at radius 3 is 2.50 bits per heavy atom. The van der Waals surface area contributed by atoms with Crippen LogP contribution in [0.3, 0.4) is 0 Å². The van der Waals surface area contributed by atoms with E-state index in [9.17, 15) is 22.4 Å². The lowest BCUT2D eigenvalue weighted by atomic mass is 9.86. The number of hydrogen-bond acceptors (Lipinski definition) is 1. The SMILES string of the molecule is CC(C)C#C[C@]1(C(F)(F)F)NC(=O)Nc2ccc(F)c(Cl)c21. The molecule has 1 aromatic carbocycles. The quantitative estimate of drug-likeness (QED) is 0.546. The Hall–Kier alpha value is -1.94. The Morgan fingerprint density at radius 1 is 1.32 bits per heavy atom. The summed E-state index contributed by atoms with van der Waals surface area (Å²) >= 11 is 5.73. The van der Waals surface area contributed by atoms with Crippen molar-refractivity contribution in [2.45, 2.75) is 25.6 Å². The fraction of sp³-hybridized carbons (Fsp3) is 0.357. The van der Waals surface area contributed by atoms with Crippen molar-refractivity contribution in [3.8, 4) is 11.8 Å². The highest BCUT2D eigenvalue weighted by molar-refractivity contribution is 6.32. The molecule has 3 nitrogen and oxygen atoms in total. The lowest BCUT2D eigenvalue weighted by Crippen LogP contribution is -2.59. The number of hydrogen-bond donors (Lipinski definition) is 2. The predicted octanol–water partition coefficient (Wildman–Crippen LogP) is 4.03. The van der Waals surface area contributed by atoms with E-state index in [2.05, 4.69) is 11.2 Å². The second-order valence-corrected chi connectivity index (χ2v) is 5.41.